The SMILES string of the molecule is Cc1nc(C(N)c2cscn2)sc1C. The van der Waals surface area contributed by atoms with Crippen molar-refractivity contribution in [3.8, 4) is 0 Å². The van der Waals surface area contributed by atoms with Gasteiger partial charge in [0.05, 0.1) is 16.9 Å². The second kappa shape index (κ2) is 3.76. The van der Waals surface area contributed by atoms with Crippen LogP contribution in [-0.2, 0) is 0 Å². The molecule has 0 fully saturated rings. The first-order valence-corrected chi connectivity index (χ1v) is 6.02. The average Bonchev–Trinajstić information content (AvgIpc) is 2.76. The minimum absolute atomic E-state index is 0.168. The highest BCUT2D eigenvalue weighted by atomic mass is 32.1. The van der Waals surface area contributed by atoms with E-state index >= 15 is 0 Å². The Kier molecular flexibility index (Phi) is 2.62. The third kappa shape index (κ3) is 1.70. The molecule has 0 saturated heterocycles. The van der Waals surface area contributed by atoms with Crippen LogP contribution in [0.25, 0.3) is 0 Å². The second-order valence-electron chi connectivity index (χ2n) is 3.08. The maximum Gasteiger partial charge on any atom is 0.116 e. The van der Waals surface area contributed by atoms with Gasteiger partial charge in [-0.15, -0.1) is 22.7 Å². The lowest BCUT2D eigenvalue weighted by Crippen LogP contribution is -2.11. The predicted molar refractivity (Wildman–Crippen MR) is 59.7 cm³/mol. The molecule has 1 atom stereocenters. The Bertz CT molecular complexity index is 400. The van der Waals surface area contributed by atoms with E-state index in [1.807, 2.05) is 12.3 Å². The van der Waals surface area contributed by atoms with E-state index in [0.29, 0.717) is 0 Å². The summed E-state index contributed by atoms with van der Waals surface area (Å²) in [5.41, 5.74) is 9.80. The Morgan fingerprint density at radius 3 is 2.71 bits per heavy atom. The molecule has 0 amide bonds. The summed E-state index contributed by atoms with van der Waals surface area (Å²) in [4.78, 5) is 9.84. The summed E-state index contributed by atoms with van der Waals surface area (Å²) in [6.45, 7) is 4.06. The molecule has 2 N–H and O–H groups in total. The molecule has 0 aliphatic rings. The maximum atomic E-state index is 6.04. The van der Waals surface area contributed by atoms with Crippen LogP contribution < -0.4 is 5.73 Å². The Hall–Kier alpha value is -0.780. The van der Waals surface area contributed by atoms with E-state index < -0.39 is 0 Å². The molecule has 0 radical (unpaired) electrons. The Labute approximate surface area is 90.6 Å². The summed E-state index contributed by atoms with van der Waals surface area (Å²) in [5, 5.41) is 2.92. The normalized spacial score (nSPS) is 13.1. The van der Waals surface area contributed by atoms with Gasteiger partial charge in [0.25, 0.3) is 0 Å². The van der Waals surface area contributed by atoms with Crippen LogP contribution in [0.3, 0.4) is 0 Å². The fraction of sp³-hybridized carbons (Fsp3) is 0.333. The summed E-state index contributed by atoms with van der Waals surface area (Å²) in [7, 11) is 0. The number of aromatic nitrogens is 2. The monoisotopic (exact) mass is 225 g/mol. The number of hydrogen-bond donors (Lipinski definition) is 1. The number of aryl methyl sites for hydroxylation is 2. The molecule has 0 aliphatic heterocycles. The number of hydrogen-bond acceptors (Lipinski definition) is 5. The largest absolute Gasteiger partial charge is 0.317 e. The summed E-state index contributed by atoms with van der Waals surface area (Å²) < 4.78 is 0. The van der Waals surface area contributed by atoms with Crippen LogP contribution in [0, 0.1) is 13.8 Å². The summed E-state index contributed by atoms with van der Waals surface area (Å²) in [6.07, 6.45) is 0. The van der Waals surface area contributed by atoms with E-state index in [1.165, 1.54) is 4.88 Å². The van der Waals surface area contributed by atoms with Crippen molar-refractivity contribution in [2.45, 2.75) is 19.9 Å². The number of thiazole rings is 2. The molecule has 0 aliphatic carbocycles. The quantitative estimate of drug-likeness (QED) is 0.853. The van der Waals surface area contributed by atoms with Crippen molar-refractivity contribution in [1.29, 1.82) is 0 Å². The van der Waals surface area contributed by atoms with E-state index in [1.54, 1.807) is 28.2 Å². The van der Waals surface area contributed by atoms with Crippen molar-refractivity contribution in [3.63, 3.8) is 0 Å². The zero-order chi connectivity index (χ0) is 10.1. The van der Waals surface area contributed by atoms with Crippen LogP contribution in [0.1, 0.15) is 27.3 Å². The van der Waals surface area contributed by atoms with E-state index in [4.69, 9.17) is 5.73 Å². The van der Waals surface area contributed by atoms with Crippen LogP contribution in [0.15, 0.2) is 10.9 Å². The fourth-order valence-electron chi connectivity index (χ4n) is 1.13. The van der Waals surface area contributed by atoms with Gasteiger partial charge >= 0.3 is 0 Å². The van der Waals surface area contributed by atoms with Gasteiger partial charge in [0.15, 0.2) is 0 Å². The summed E-state index contributed by atoms with van der Waals surface area (Å²) in [6, 6.07) is -0.168. The van der Waals surface area contributed by atoms with Gasteiger partial charge in [-0.3, -0.25) is 0 Å². The summed E-state index contributed by atoms with van der Waals surface area (Å²) in [5.74, 6) is 0. The third-order valence-electron chi connectivity index (χ3n) is 2.08. The number of nitrogens with zero attached hydrogens (tertiary/aromatic N) is 2. The molecule has 0 aromatic carbocycles. The van der Waals surface area contributed by atoms with Crippen molar-refractivity contribution < 1.29 is 0 Å². The predicted octanol–water partition coefficient (Wildman–Crippen LogP) is 2.26. The van der Waals surface area contributed by atoms with Gasteiger partial charge in [-0.25, -0.2) is 9.97 Å². The molecule has 14 heavy (non-hydrogen) atoms. The average molecular weight is 225 g/mol. The lowest BCUT2D eigenvalue weighted by molar-refractivity contribution is 0.823. The van der Waals surface area contributed by atoms with Gasteiger partial charge in [0, 0.05) is 10.3 Å². The molecule has 0 spiro atoms. The maximum absolute atomic E-state index is 6.04. The highest BCUT2D eigenvalue weighted by Crippen LogP contribution is 2.25. The topological polar surface area (TPSA) is 51.8 Å². The van der Waals surface area contributed by atoms with Gasteiger partial charge in [-0.05, 0) is 13.8 Å². The van der Waals surface area contributed by atoms with Gasteiger partial charge in [0.2, 0.25) is 0 Å². The molecule has 1 unspecified atom stereocenters. The van der Waals surface area contributed by atoms with Gasteiger partial charge < -0.3 is 5.73 Å². The molecule has 74 valence electrons. The van der Waals surface area contributed by atoms with Crippen molar-refractivity contribution in [2.75, 3.05) is 0 Å². The molecule has 2 rings (SSSR count). The standard InChI is InChI=1S/C9H11N3S2/c1-5-6(2)14-9(12-5)8(10)7-3-13-4-11-7/h3-4,8H,10H2,1-2H3. The Balaban J connectivity index is 2.32. The molecule has 2 heterocycles. The smallest absolute Gasteiger partial charge is 0.116 e. The van der Waals surface area contributed by atoms with Crippen LogP contribution in [-0.4, -0.2) is 9.97 Å². The Morgan fingerprint density at radius 1 is 1.43 bits per heavy atom. The lowest BCUT2D eigenvalue weighted by Gasteiger charge is -2.03. The van der Waals surface area contributed by atoms with Crippen LogP contribution >= 0.6 is 22.7 Å². The minimum Gasteiger partial charge on any atom is -0.317 e. The molecular weight excluding hydrogens is 214 g/mol. The Morgan fingerprint density at radius 2 is 2.21 bits per heavy atom. The highest BCUT2D eigenvalue weighted by molar-refractivity contribution is 7.11. The molecule has 0 saturated carbocycles. The first kappa shape index (κ1) is 9.76. The zero-order valence-corrected chi connectivity index (χ0v) is 9.65. The van der Waals surface area contributed by atoms with Crippen LogP contribution in [0.2, 0.25) is 0 Å². The van der Waals surface area contributed by atoms with E-state index in [9.17, 15) is 0 Å². The second-order valence-corrected chi connectivity index (χ2v) is 5.04. The highest BCUT2D eigenvalue weighted by Gasteiger charge is 2.15. The fourth-order valence-corrected chi connectivity index (χ4v) is 2.66. The molecular formula is C9H11N3S2. The van der Waals surface area contributed by atoms with E-state index in [2.05, 4.69) is 16.9 Å². The van der Waals surface area contributed by atoms with Gasteiger partial charge in [-0.2, -0.15) is 0 Å². The summed E-state index contributed by atoms with van der Waals surface area (Å²) >= 11 is 3.21. The van der Waals surface area contributed by atoms with Crippen molar-refractivity contribution in [2.24, 2.45) is 5.73 Å². The molecule has 3 nitrogen and oxygen atoms in total. The first-order valence-electron chi connectivity index (χ1n) is 4.26. The minimum atomic E-state index is -0.168. The lowest BCUT2D eigenvalue weighted by atomic mass is 10.2. The first-order chi connectivity index (χ1) is 6.68. The zero-order valence-electron chi connectivity index (χ0n) is 8.02. The van der Waals surface area contributed by atoms with Crippen molar-refractivity contribution >= 4 is 22.7 Å². The van der Waals surface area contributed by atoms with Crippen molar-refractivity contribution in [1.82, 2.24) is 9.97 Å². The van der Waals surface area contributed by atoms with E-state index in [-0.39, 0.29) is 6.04 Å². The third-order valence-corrected chi connectivity index (χ3v) is 3.84. The van der Waals surface area contributed by atoms with Crippen LogP contribution in [0.4, 0.5) is 0 Å². The molecule has 2 aromatic rings. The van der Waals surface area contributed by atoms with E-state index in [0.717, 1.165) is 16.4 Å². The van der Waals surface area contributed by atoms with Gasteiger partial charge in [-0.1, -0.05) is 0 Å². The molecule has 0 bridgehead atoms. The number of nitrogens with two attached hydrogens (primary N) is 1. The van der Waals surface area contributed by atoms with Crippen LogP contribution in [0.5, 0.6) is 0 Å². The molecule has 5 heteroatoms. The van der Waals surface area contributed by atoms with Gasteiger partial charge in [0.1, 0.15) is 11.0 Å². The molecule has 2 aromatic heterocycles. The van der Waals surface area contributed by atoms with Crippen molar-refractivity contribution in [3.05, 3.63) is 32.2 Å². The number of rotatable bonds is 2.